The fourth-order valence-electron chi connectivity index (χ4n) is 4.95. The van der Waals surface area contributed by atoms with Gasteiger partial charge in [0.2, 0.25) is 6.29 Å². The highest BCUT2D eigenvalue weighted by Gasteiger charge is 2.53. The minimum atomic E-state index is -1.69. The van der Waals surface area contributed by atoms with E-state index in [2.05, 4.69) is 0 Å². The number of ether oxygens (including phenoxy) is 6. The van der Waals surface area contributed by atoms with Crippen LogP contribution in [0.1, 0.15) is 5.56 Å². The van der Waals surface area contributed by atoms with Gasteiger partial charge in [0.05, 0.1) is 38.1 Å². The zero-order valence-electron chi connectivity index (χ0n) is 21.7. The summed E-state index contributed by atoms with van der Waals surface area (Å²) in [5.41, 5.74) is 1.25. The average molecular weight is 565 g/mol. The van der Waals surface area contributed by atoms with Crippen LogP contribution in [0.5, 0.6) is 5.75 Å². The van der Waals surface area contributed by atoms with Crippen LogP contribution in [0.4, 0.5) is 0 Å². The van der Waals surface area contributed by atoms with Crippen molar-refractivity contribution in [2.75, 3.05) is 27.4 Å². The lowest BCUT2D eigenvalue weighted by Gasteiger charge is -2.43. The lowest BCUT2D eigenvalue weighted by atomic mass is 9.82. The molecule has 218 valence electrons. The maximum Gasteiger partial charge on any atom is 0.337 e. The number of fused-ring (bicyclic) bond motifs is 1. The van der Waals surface area contributed by atoms with E-state index in [1.807, 2.05) is 0 Å². The SMILES string of the molecule is COCC1=CC(OC(=O)C=Cc2ccc(O)cc2)C2C(C(=O)OC)=COC(OC3OC(CO)C(O)C(O)C3O)C12. The molecule has 1 aromatic carbocycles. The first-order valence-corrected chi connectivity index (χ1v) is 12.5. The number of aliphatic hydroxyl groups is 4. The molecule has 0 aromatic heterocycles. The highest BCUT2D eigenvalue weighted by atomic mass is 16.8. The Kier molecular flexibility index (Phi) is 9.58. The molecule has 1 fully saturated rings. The van der Waals surface area contributed by atoms with E-state index in [0.29, 0.717) is 11.1 Å². The molecule has 13 heteroatoms. The predicted molar refractivity (Wildman–Crippen MR) is 134 cm³/mol. The number of phenolic OH excluding ortho intramolecular Hbond substituents is 1. The number of carbonyl (C=O) groups excluding carboxylic acids is 2. The van der Waals surface area contributed by atoms with E-state index in [9.17, 15) is 35.1 Å². The van der Waals surface area contributed by atoms with Gasteiger partial charge in [-0.3, -0.25) is 0 Å². The Morgan fingerprint density at radius 1 is 1.00 bits per heavy atom. The van der Waals surface area contributed by atoms with Gasteiger partial charge in [-0.05, 0) is 35.4 Å². The topological polar surface area (TPSA) is 191 Å². The summed E-state index contributed by atoms with van der Waals surface area (Å²) in [5, 5.41) is 49.6. The molecular weight excluding hydrogens is 532 g/mol. The van der Waals surface area contributed by atoms with E-state index in [0.717, 1.165) is 6.26 Å². The highest BCUT2D eigenvalue weighted by molar-refractivity contribution is 5.90. The molecule has 1 aromatic rings. The van der Waals surface area contributed by atoms with Crippen molar-refractivity contribution in [3.8, 4) is 5.75 Å². The number of benzene rings is 1. The molecule has 9 unspecified atom stereocenters. The van der Waals surface area contributed by atoms with Gasteiger partial charge >= 0.3 is 11.9 Å². The fourth-order valence-corrected chi connectivity index (χ4v) is 4.95. The molecule has 4 rings (SSSR count). The van der Waals surface area contributed by atoms with Crippen molar-refractivity contribution in [1.29, 1.82) is 0 Å². The third-order valence-electron chi connectivity index (χ3n) is 6.93. The van der Waals surface area contributed by atoms with Crippen LogP contribution in [0.2, 0.25) is 0 Å². The van der Waals surface area contributed by atoms with Gasteiger partial charge in [0, 0.05) is 19.1 Å². The van der Waals surface area contributed by atoms with Crippen LogP contribution in [0.15, 0.2) is 53.8 Å². The molecule has 2 aliphatic heterocycles. The Labute approximate surface area is 229 Å². The summed E-state index contributed by atoms with van der Waals surface area (Å²) in [6.07, 6.45) is -4.46. The quantitative estimate of drug-likeness (QED) is 0.145. The summed E-state index contributed by atoms with van der Waals surface area (Å²) in [6, 6.07) is 6.16. The van der Waals surface area contributed by atoms with Crippen LogP contribution in [-0.2, 0) is 38.0 Å². The monoisotopic (exact) mass is 564 g/mol. The highest BCUT2D eigenvalue weighted by Crippen LogP contribution is 2.46. The standard InChI is InChI=1S/C27H32O13/c1-35-11-14-9-17(38-19(30)8-5-13-3-6-15(29)7-4-13)21-16(25(34)36-2)12-37-26(20(14)21)40-27-24(33)23(32)22(31)18(10-28)39-27/h3-9,12,17-18,20-24,26-29,31-33H,10-11H2,1-2H3. The molecule has 40 heavy (non-hydrogen) atoms. The van der Waals surface area contributed by atoms with Crippen LogP contribution in [0.25, 0.3) is 6.08 Å². The molecule has 5 N–H and O–H groups in total. The van der Waals surface area contributed by atoms with Crippen molar-refractivity contribution in [2.24, 2.45) is 11.8 Å². The zero-order chi connectivity index (χ0) is 29.0. The van der Waals surface area contributed by atoms with Crippen LogP contribution >= 0.6 is 0 Å². The number of aromatic hydroxyl groups is 1. The molecule has 3 aliphatic rings. The minimum Gasteiger partial charge on any atom is -0.508 e. The number of hydrogen-bond donors (Lipinski definition) is 5. The van der Waals surface area contributed by atoms with Gasteiger partial charge in [0.15, 0.2) is 6.29 Å². The maximum absolute atomic E-state index is 12.8. The van der Waals surface area contributed by atoms with Crippen molar-refractivity contribution in [1.82, 2.24) is 0 Å². The smallest absolute Gasteiger partial charge is 0.337 e. The van der Waals surface area contributed by atoms with Gasteiger partial charge in [0.25, 0.3) is 0 Å². The van der Waals surface area contributed by atoms with Gasteiger partial charge in [-0.25, -0.2) is 9.59 Å². The number of hydrogen-bond acceptors (Lipinski definition) is 13. The fraction of sp³-hybridized carbons (Fsp3) is 0.481. The normalized spacial score (nSPS) is 33.5. The van der Waals surface area contributed by atoms with Crippen LogP contribution in [0, 0.1) is 11.8 Å². The minimum absolute atomic E-state index is 0.0465. The second kappa shape index (κ2) is 12.9. The second-order valence-corrected chi connectivity index (χ2v) is 9.46. The lowest BCUT2D eigenvalue weighted by molar-refractivity contribution is -0.340. The second-order valence-electron chi connectivity index (χ2n) is 9.46. The molecule has 0 radical (unpaired) electrons. The molecule has 13 nitrogen and oxygen atoms in total. The molecule has 0 amide bonds. The molecule has 1 aliphatic carbocycles. The predicted octanol–water partition coefficient (Wildman–Crippen LogP) is -0.634. The van der Waals surface area contributed by atoms with Crippen molar-refractivity contribution >= 4 is 18.0 Å². The van der Waals surface area contributed by atoms with Crippen LogP contribution in [0.3, 0.4) is 0 Å². The Morgan fingerprint density at radius 3 is 2.38 bits per heavy atom. The Hall–Kier alpha value is -3.30. The largest absolute Gasteiger partial charge is 0.508 e. The summed E-state index contributed by atoms with van der Waals surface area (Å²) in [5.74, 6) is -2.99. The van der Waals surface area contributed by atoms with E-state index < -0.39 is 73.5 Å². The Balaban J connectivity index is 1.59. The number of aliphatic hydroxyl groups excluding tert-OH is 4. The molecule has 0 spiro atoms. The average Bonchev–Trinajstić information content (AvgIpc) is 3.30. The Morgan fingerprint density at radius 2 is 1.73 bits per heavy atom. The van der Waals surface area contributed by atoms with E-state index in [4.69, 9.17) is 28.4 Å². The first-order chi connectivity index (χ1) is 19.2. The van der Waals surface area contributed by atoms with Crippen molar-refractivity contribution in [2.45, 2.75) is 43.1 Å². The molecular formula is C27H32O13. The van der Waals surface area contributed by atoms with Crippen molar-refractivity contribution < 1.29 is 63.5 Å². The lowest BCUT2D eigenvalue weighted by Crippen LogP contribution is -2.60. The third kappa shape index (κ3) is 6.20. The summed E-state index contributed by atoms with van der Waals surface area (Å²) < 4.78 is 33.0. The number of rotatable bonds is 9. The van der Waals surface area contributed by atoms with E-state index in [-0.39, 0.29) is 17.9 Å². The van der Waals surface area contributed by atoms with Crippen molar-refractivity contribution in [3.63, 3.8) is 0 Å². The number of carbonyl (C=O) groups is 2. The first-order valence-electron chi connectivity index (χ1n) is 12.5. The van der Waals surface area contributed by atoms with Gasteiger partial charge in [-0.15, -0.1) is 0 Å². The molecule has 0 saturated carbocycles. The molecule has 9 atom stereocenters. The number of esters is 2. The third-order valence-corrected chi connectivity index (χ3v) is 6.93. The van der Waals surface area contributed by atoms with Gasteiger partial charge in [0.1, 0.15) is 36.3 Å². The van der Waals surface area contributed by atoms with Gasteiger partial charge < -0.3 is 54.0 Å². The zero-order valence-corrected chi connectivity index (χ0v) is 21.7. The summed E-state index contributed by atoms with van der Waals surface area (Å²) >= 11 is 0. The Bertz CT molecular complexity index is 1140. The number of methoxy groups -OCH3 is 2. The van der Waals surface area contributed by atoms with Gasteiger partial charge in [-0.2, -0.15) is 0 Å². The summed E-state index contributed by atoms with van der Waals surface area (Å²) in [4.78, 5) is 25.4. The van der Waals surface area contributed by atoms with E-state index >= 15 is 0 Å². The molecule has 0 bridgehead atoms. The maximum atomic E-state index is 12.8. The summed E-state index contributed by atoms with van der Waals surface area (Å²) in [7, 11) is 2.64. The van der Waals surface area contributed by atoms with Crippen LogP contribution in [-0.4, -0.2) is 108 Å². The van der Waals surface area contributed by atoms with Gasteiger partial charge in [-0.1, -0.05) is 12.1 Å². The van der Waals surface area contributed by atoms with Crippen LogP contribution < -0.4 is 0 Å². The first kappa shape index (κ1) is 29.7. The van der Waals surface area contributed by atoms with E-state index in [1.54, 1.807) is 18.2 Å². The molecule has 2 heterocycles. The molecule has 1 saturated heterocycles. The van der Waals surface area contributed by atoms with E-state index in [1.165, 1.54) is 38.5 Å². The number of phenols is 1. The summed E-state index contributed by atoms with van der Waals surface area (Å²) in [6.45, 7) is -0.607. The van der Waals surface area contributed by atoms with Crippen molar-refractivity contribution in [3.05, 3.63) is 59.4 Å².